The Kier molecular flexibility index (Phi) is 5.31. The van der Waals surface area contributed by atoms with Gasteiger partial charge in [0, 0.05) is 31.1 Å². The molecule has 0 aromatic carbocycles. The average Bonchev–Trinajstić information content (AvgIpc) is 2.62. The second-order valence-corrected chi connectivity index (χ2v) is 6.70. The van der Waals surface area contributed by atoms with E-state index in [1.165, 1.54) is 36.2 Å². The Hall–Kier alpha value is -2.68. The minimum Gasteiger partial charge on any atom is -0.329 e. The van der Waals surface area contributed by atoms with Crippen LogP contribution in [0.2, 0.25) is 0 Å². The number of aromatic amines is 1. The summed E-state index contributed by atoms with van der Waals surface area (Å²) in [6, 6.07) is 4.43. The van der Waals surface area contributed by atoms with Gasteiger partial charge in [0.05, 0.1) is 18.8 Å². The Morgan fingerprint density at radius 1 is 1.37 bits per heavy atom. The lowest BCUT2D eigenvalue weighted by molar-refractivity contribution is -0.126. The van der Waals surface area contributed by atoms with Crippen LogP contribution in [0.15, 0.2) is 41.5 Å². The van der Waals surface area contributed by atoms with E-state index in [9.17, 15) is 22.8 Å². The minimum absolute atomic E-state index is 0.147. The van der Waals surface area contributed by atoms with Crippen LogP contribution in [0.3, 0.4) is 0 Å². The van der Waals surface area contributed by atoms with Crippen molar-refractivity contribution in [3.8, 4) is 0 Å². The Balaban J connectivity index is 1.73. The maximum absolute atomic E-state index is 14.3. The standard InChI is InChI=1S/C18H19F3N4O2/c1-11(17(27)24-15-4-3-14(19)8-22-15)25-9-13(6-18(20,21)10-25)12-2-5-16(26)23-7-12/h2-5,7-8,11,13H,6,9-10H2,1H3,(H,23,26)(H,22,24,27)/t11?,13-/m0/s1. The first-order valence-corrected chi connectivity index (χ1v) is 8.46. The first kappa shape index (κ1) is 19.1. The molecule has 2 aromatic rings. The van der Waals surface area contributed by atoms with Crippen molar-refractivity contribution in [2.24, 2.45) is 0 Å². The number of anilines is 1. The van der Waals surface area contributed by atoms with Crippen molar-refractivity contribution in [3.05, 3.63) is 58.4 Å². The molecule has 27 heavy (non-hydrogen) atoms. The molecule has 0 aliphatic carbocycles. The quantitative estimate of drug-likeness (QED) is 0.854. The Morgan fingerprint density at radius 3 is 2.78 bits per heavy atom. The molecule has 1 aliphatic heterocycles. The van der Waals surface area contributed by atoms with Crippen molar-refractivity contribution >= 4 is 11.7 Å². The summed E-state index contributed by atoms with van der Waals surface area (Å²) in [5.41, 5.74) is 0.282. The first-order chi connectivity index (χ1) is 12.7. The first-order valence-electron chi connectivity index (χ1n) is 8.46. The Morgan fingerprint density at radius 2 is 2.15 bits per heavy atom. The third-order valence-electron chi connectivity index (χ3n) is 4.62. The number of pyridine rings is 2. The number of nitrogens with zero attached hydrogens (tertiary/aromatic N) is 2. The summed E-state index contributed by atoms with van der Waals surface area (Å²) in [6.07, 6.45) is 2.03. The fraction of sp³-hybridized carbons (Fsp3) is 0.389. The van der Waals surface area contributed by atoms with Crippen LogP contribution in [-0.4, -0.2) is 45.8 Å². The van der Waals surface area contributed by atoms with Crippen molar-refractivity contribution in [3.63, 3.8) is 0 Å². The topological polar surface area (TPSA) is 78.1 Å². The number of aromatic nitrogens is 2. The van der Waals surface area contributed by atoms with E-state index in [1.807, 2.05) is 0 Å². The number of halogens is 3. The summed E-state index contributed by atoms with van der Waals surface area (Å²) in [5.74, 6) is -4.40. The van der Waals surface area contributed by atoms with Crippen molar-refractivity contribution in [1.29, 1.82) is 0 Å². The number of amides is 1. The number of hydrogen-bond acceptors (Lipinski definition) is 4. The van der Waals surface area contributed by atoms with E-state index in [0.717, 1.165) is 12.3 Å². The van der Waals surface area contributed by atoms with E-state index in [4.69, 9.17) is 0 Å². The molecular formula is C18H19F3N4O2. The van der Waals surface area contributed by atoms with Gasteiger partial charge in [0.25, 0.3) is 5.92 Å². The molecule has 3 heterocycles. The van der Waals surface area contributed by atoms with Gasteiger partial charge in [-0.2, -0.15) is 0 Å². The maximum Gasteiger partial charge on any atom is 0.261 e. The number of hydrogen-bond donors (Lipinski definition) is 2. The molecule has 1 saturated heterocycles. The molecule has 1 unspecified atom stereocenters. The highest BCUT2D eigenvalue weighted by molar-refractivity contribution is 5.93. The monoisotopic (exact) mass is 380 g/mol. The smallest absolute Gasteiger partial charge is 0.261 e. The van der Waals surface area contributed by atoms with Crippen LogP contribution < -0.4 is 10.9 Å². The van der Waals surface area contributed by atoms with Crippen molar-refractivity contribution in [1.82, 2.24) is 14.9 Å². The van der Waals surface area contributed by atoms with Crippen LogP contribution in [0.1, 0.15) is 24.8 Å². The zero-order valence-electron chi connectivity index (χ0n) is 14.6. The summed E-state index contributed by atoms with van der Waals surface area (Å²) in [5, 5.41) is 2.50. The lowest BCUT2D eigenvalue weighted by Crippen LogP contribution is -2.53. The Bertz CT molecular complexity index is 849. The molecule has 1 fully saturated rings. The Labute approximate surface area is 153 Å². The molecule has 2 N–H and O–H groups in total. The highest BCUT2D eigenvalue weighted by Crippen LogP contribution is 2.36. The fourth-order valence-corrected chi connectivity index (χ4v) is 3.18. The van der Waals surface area contributed by atoms with Crippen molar-refractivity contribution < 1.29 is 18.0 Å². The van der Waals surface area contributed by atoms with E-state index in [2.05, 4.69) is 15.3 Å². The zero-order chi connectivity index (χ0) is 19.6. The number of piperidine rings is 1. The van der Waals surface area contributed by atoms with Gasteiger partial charge in [0.1, 0.15) is 11.6 Å². The summed E-state index contributed by atoms with van der Waals surface area (Å²) in [6.45, 7) is 1.23. The second kappa shape index (κ2) is 7.51. The normalized spacial score (nSPS) is 20.8. The number of alkyl halides is 2. The van der Waals surface area contributed by atoms with Crippen molar-refractivity contribution in [2.45, 2.75) is 31.2 Å². The molecule has 1 aliphatic rings. The number of H-pyrrole nitrogens is 1. The molecule has 0 bridgehead atoms. The summed E-state index contributed by atoms with van der Waals surface area (Å²) in [7, 11) is 0. The van der Waals surface area contributed by atoms with Gasteiger partial charge in [0.2, 0.25) is 11.5 Å². The number of rotatable bonds is 4. The van der Waals surface area contributed by atoms with Gasteiger partial charge < -0.3 is 10.3 Å². The fourth-order valence-electron chi connectivity index (χ4n) is 3.18. The molecule has 0 radical (unpaired) electrons. The van der Waals surface area contributed by atoms with Gasteiger partial charge >= 0.3 is 0 Å². The molecular weight excluding hydrogens is 361 g/mol. The molecule has 1 amide bonds. The van der Waals surface area contributed by atoms with E-state index in [-0.39, 0.29) is 24.3 Å². The molecule has 144 valence electrons. The van der Waals surface area contributed by atoms with Gasteiger partial charge in [-0.3, -0.25) is 14.5 Å². The van der Waals surface area contributed by atoms with E-state index >= 15 is 0 Å². The lowest BCUT2D eigenvalue weighted by Gasteiger charge is -2.40. The number of likely N-dealkylation sites (tertiary alicyclic amines) is 1. The zero-order valence-corrected chi connectivity index (χ0v) is 14.6. The minimum atomic E-state index is -2.97. The lowest BCUT2D eigenvalue weighted by atomic mass is 9.89. The highest BCUT2D eigenvalue weighted by atomic mass is 19.3. The van der Waals surface area contributed by atoms with Gasteiger partial charge in [-0.05, 0) is 24.6 Å². The summed E-state index contributed by atoms with van der Waals surface area (Å²) >= 11 is 0. The SMILES string of the molecule is CC(C(=O)Nc1ccc(F)cn1)N1C[C@@H](c2ccc(=O)[nH]c2)CC(F)(F)C1. The number of carbonyl (C=O) groups excluding carboxylic acids is 1. The summed E-state index contributed by atoms with van der Waals surface area (Å²) in [4.78, 5) is 31.2. The molecule has 9 heteroatoms. The predicted molar refractivity (Wildman–Crippen MR) is 93.2 cm³/mol. The number of nitrogens with one attached hydrogen (secondary N) is 2. The van der Waals surface area contributed by atoms with Gasteiger partial charge in [0.15, 0.2) is 0 Å². The van der Waals surface area contributed by atoms with E-state index < -0.39 is 36.2 Å². The maximum atomic E-state index is 14.3. The predicted octanol–water partition coefficient (Wildman–Crippen LogP) is 2.36. The molecule has 6 nitrogen and oxygen atoms in total. The highest BCUT2D eigenvalue weighted by Gasteiger charge is 2.43. The molecule has 0 spiro atoms. The largest absolute Gasteiger partial charge is 0.329 e. The van der Waals surface area contributed by atoms with Crippen molar-refractivity contribution in [2.75, 3.05) is 18.4 Å². The van der Waals surface area contributed by atoms with Gasteiger partial charge in [-0.1, -0.05) is 6.07 Å². The third kappa shape index (κ3) is 4.73. The second-order valence-electron chi connectivity index (χ2n) is 6.70. The van der Waals surface area contributed by atoms with Crippen LogP contribution >= 0.6 is 0 Å². The van der Waals surface area contributed by atoms with Crippen LogP contribution in [0.4, 0.5) is 19.0 Å². The van der Waals surface area contributed by atoms with Crippen LogP contribution in [0.5, 0.6) is 0 Å². The van der Waals surface area contributed by atoms with E-state index in [0.29, 0.717) is 5.56 Å². The molecule has 3 rings (SSSR count). The van der Waals surface area contributed by atoms with E-state index in [1.54, 1.807) is 0 Å². The number of carbonyl (C=O) groups is 1. The van der Waals surface area contributed by atoms with Gasteiger partial charge in [-0.15, -0.1) is 0 Å². The van der Waals surface area contributed by atoms with Crippen LogP contribution in [0.25, 0.3) is 0 Å². The molecule has 2 aromatic heterocycles. The molecule has 2 atom stereocenters. The van der Waals surface area contributed by atoms with Gasteiger partial charge in [-0.25, -0.2) is 18.2 Å². The van der Waals surface area contributed by atoms with Crippen LogP contribution in [-0.2, 0) is 4.79 Å². The summed E-state index contributed by atoms with van der Waals surface area (Å²) < 4.78 is 41.4. The average molecular weight is 380 g/mol. The van der Waals surface area contributed by atoms with Crippen LogP contribution in [0, 0.1) is 5.82 Å². The third-order valence-corrected chi connectivity index (χ3v) is 4.62. The molecule has 0 saturated carbocycles.